The van der Waals surface area contributed by atoms with Crippen molar-refractivity contribution in [1.29, 1.82) is 0 Å². The van der Waals surface area contributed by atoms with Gasteiger partial charge in [0.25, 0.3) is 0 Å². The van der Waals surface area contributed by atoms with Crippen LogP contribution in [0.3, 0.4) is 0 Å². The highest BCUT2D eigenvalue weighted by atomic mass is 16.8. The predicted molar refractivity (Wildman–Crippen MR) is 134 cm³/mol. The Morgan fingerprint density at radius 3 is 2.27 bits per heavy atom. The molecule has 0 saturated carbocycles. The highest BCUT2D eigenvalue weighted by Gasteiger charge is 2.51. The molecule has 0 aromatic heterocycles. The van der Waals surface area contributed by atoms with Crippen LogP contribution < -0.4 is 9.47 Å². The minimum atomic E-state index is -1.75. The fourth-order valence-electron chi connectivity index (χ4n) is 5.07. The number of carbonyl (C=O) groups excluding carboxylic acids is 1. The van der Waals surface area contributed by atoms with E-state index in [2.05, 4.69) is 0 Å². The molecule has 0 radical (unpaired) electrons. The summed E-state index contributed by atoms with van der Waals surface area (Å²) in [4.78, 5) is 12.9. The molecule has 11 atom stereocenters. The molecule has 41 heavy (non-hydrogen) atoms. The van der Waals surface area contributed by atoms with Gasteiger partial charge in [0.05, 0.1) is 19.1 Å². The van der Waals surface area contributed by atoms with E-state index in [0.717, 1.165) is 6.07 Å². The van der Waals surface area contributed by atoms with Gasteiger partial charge < -0.3 is 64.5 Å². The molecule has 9 unspecified atom stereocenters. The quantitative estimate of drug-likeness (QED) is 0.202. The number of hydrogen-bond acceptors (Lipinski definition) is 14. The standard InChI is InChI=1S/C27H32O14/c1-10-20(32)22(34)24(36)26(37-10)41-25-23(35)21(33)18(9-28)40-27(25)38-13-6-14(30)19-15(31)8-16(39-17(19)7-13)11-2-4-12(29)5-3-11/h2-7,10,16,18,20-30,32-36H,8-9H2,1H3/t10?,16?,18?,20?,21?,22?,23?,24?,25-,26+,27?/m1/s1. The van der Waals surface area contributed by atoms with Crippen molar-refractivity contribution in [2.45, 2.75) is 80.9 Å². The van der Waals surface area contributed by atoms with Crippen LogP contribution in [0.15, 0.2) is 36.4 Å². The van der Waals surface area contributed by atoms with Crippen molar-refractivity contribution in [2.24, 2.45) is 0 Å². The lowest BCUT2D eigenvalue weighted by Gasteiger charge is -2.45. The van der Waals surface area contributed by atoms with Crippen molar-refractivity contribution in [3.8, 4) is 23.0 Å². The van der Waals surface area contributed by atoms with Gasteiger partial charge >= 0.3 is 0 Å². The summed E-state index contributed by atoms with van der Waals surface area (Å²) in [5.74, 6) is -0.947. The summed E-state index contributed by atoms with van der Waals surface area (Å²) in [6, 6.07) is 8.50. The number of fused-ring (bicyclic) bond motifs is 1. The van der Waals surface area contributed by atoms with Crippen LogP contribution >= 0.6 is 0 Å². The van der Waals surface area contributed by atoms with Crippen molar-refractivity contribution in [3.63, 3.8) is 0 Å². The molecule has 0 bridgehead atoms. The van der Waals surface area contributed by atoms with Gasteiger partial charge in [-0.05, 0) is 24.6 Å². The van der Waals surface area contributed by atoms with Crippen molar-refractivity contribution >= 4 is 5.78 Å². The Morgan fingerprint density at radius 2 is 1.59 bits per heavy atom. The summed E-state index contributed by atoms with van der Waals surface area (Å²) in [7, 11) is 0. The minimum absolute atomic E-state index is 0.0149. The number of aliphatic hydroxyl groups excluding tert-OH is 6. The summed E-state index contributed by atoms with van der Waals surface area (Å²) in [6.07, 6.45) is -16.0. The third kappa shape index (κ3) is 5.70. The second-order valence-corrected chi connectivity index (χ2v) is 10.2. The fourth-order valence-corrected chi connectivity index (χ4v) is 5.07. The van der Waals surface area contributed by atoms with Crippen LogP contribution in [0.25, 0.3) is 0 Å². The number of ether oxygens (including phenoxy) is 5. The number of aromatic hydroxyl groups is 2. The van der Waals surface area contributed by atoms with E-state index >= 15 is 0 Å². The highest BCUT2D eigenvalue weighted by molar-refractivity contribution is 6.02. The van der Waals surface area contributed by atoms with E-state index in [-0.39, 0.29) is 29.2 Å². The van der Waals surface area contributed by atoms with Gasteiger partial charge in [-0.1, -0.05) is 12.1 Å². The largest absolute Gasteiger partial charge is 0.508 e. The summed E-state index contributed by atoms with van der Waals surface area (Å²) in [5.41, 5.74) is 0.529. The Morgan fingerprint density at radius 1 is 0.878 bits per heavy atom. The topological polar surface area (TPSA) is 225 Å². The number of phenols is 2. The molecule has 0 spiro atoms. The van der Waals surface area contributed by atoms with E-state index in [1.54, 1.807) is 12.1 Å². The van der Waals surface area contributed by atoms with Crippen molar-refractivity contribution in [3.05, 3.63) is 47.5 Å². The third-order valence-corrected chi connectivity index (χ3v) is 7.42. The molecule has 224 valence electrons. The Bertz CT molecular complexity index is 1240. The Labute approximate surface area is 233 Å². The average Bonchev–Trinajstić information content (AvgIpc) is 2.94. The second-order valence-electron chi connectivity index (χ2n) is 10.2. The molecular weight excluding hydrogens is 548 g/mol. The number of benzene rings is 2. The SMILES string of the molecule is CC1O[C@@H](O[C@H]2C(Oc3cc(O)c4c(c3)OC(c3ccc(O)cc3)CC4=O)OC(CO)C(O)C2O)C(O)C(O)C1O. The Kier molecular flexibility index (Phi) is 8.39. The first-order valence-electron chi connectivity index (χ1n) is 13.0. The molecule has 14 heteroatoms. The zero-order chi connectivity index (χ0) is 29.6. The van der Waals surface area contributed by atoms with Crippen LogP contribution in [0.1, 0.15) is 35.4 Å². The van der Waals surface area contributed by atoms with Crippen LogP contribution in [0.4, 0.5) is 0 Å². The first-order valence-corrected chi connectivity index (χ1v) is 13.0. The lowest BCUT2D eigenvalue weighted by Crippen LogP contribution is -2.64. The normalized spacial score (nSPS) is 37.2. The van der Waals surface area contributed by atoms with Crippen LogP contribution in [0, 0.1) is 0 Å². The van der Waals surface area contributed by atoms with Gasteiger partial charge in [0.1, 0.15) is 71.3 Å². The number of rotatable bonds is 6. The number of ketones is 1. The Balaban J connectivity index is 1.41. The predicted octanol–water partition coefficient (Wildman–Crippen LogP) is -1.17. The van der Waals surface area contributed by atoms with E-state index < -0.39 is 85.7 Å². The monoisotopic (exact) mass is 580 g/mol. The molecule has 14 nitrogen and oxygen atoms in total. The number of phenolic OH excluding ortho intramolecular Hbond substituents is 2. The van der Waals surface area contributed by atoms with Crippen LogP contribution in [0.2, 0.25) is 0 Å². The first kappa shape index (κ1) is 29.4. The average molecular weight is 581 g/mol. The van der Waals surface area contributed by atoms with Crippen molar-refractivity contribution in [2.75, 3.05) is 6.61 Å². The van der Waals surface area contributed by atoms with Gasteiger partial charge in [0, 0.05) is 12.1 Å². The van der Waals surface area contributed by atoms with Gasteiger partial charge in [0.2, 0.25) is 6.29 Å². The Hall–Kier alpha value is -3.05. The molecule has 2 saturated heterocycles. The van der Waals surface area contributed by atoms with E-state index in [4.69, 9.17) is 23.7 Å². The van der Waals surface area contributed by atoms with E-state index in [9.17, 15) is 45.6 Å². The summed E-state index contributed by atoms with van der Waals surface area (Å²) < 4.78 is 28.6. The molecule has 0 aliphatic carbocycles. The molecule has 5 rings (SSSR count). The van der Waals surface area contributed by atoms with E-state index in [1.807, 2.05) is 0 Å². The zero-order valence-electron chi connectivity index (χ0n) is 21.8. The molecule has 2 aromatic rings. The van der Waals surface area contributed by atoms with Crippen LogP contribution in [0.5, 0.6) is 23.0 Å². The molecule has 2 aromatic carbocycles. The number of Topliss-reactive ketones (excluding diaryl/α,β-unsaturated/α-hetero) is 1. The smallest absolute Gasteiger partial charge is 0.229 e. The van der Waals surface area contributed by atoms with Gasteiger partial charge in [-0.15, -0.1) is 0 Å². The van der Waals surface area contributed by atoms with Crippen LogP contribution in [-0.4, -0.2) is 115 Å². The van der Waals surface area contributed by atoms with Gasteiger partial charge in [0.15, 0.2) is 18.2 Å². The van der Waals surface area contributed by atoms with Gasteiger partial charge in [-0.3, -0.25) is 4.79 Å². The van der Waals surface area contributed by atoms with Gasteiger partial charge in [-0.2, -0.15) is 0 Å². The van der Waals surface area contributed by atoms with E-state index in [1.165, 1.54) is 25.1 Å². The maximum Gasteiger partial charge on any atom is 0.229 e. The fraction of sp³-hybridized carbons (Fsp3) is 0.519. The minimum Gasteiger partial charge on any atom is -0.508 e. The molecule has 2 fully saturated rings. The highest BCUT2D eigenvalue weighted by Crippen LogP contribution is 2.43. The summed E-state index contributed by atoms with van der Waals surface area (Å²) in [6.45, 7) is 0.716. The molecule has 8 N–H and O–H groups in total. The molecule has 3 heterocycles. The lowest BCUT2D eigenvalue weighted by atomic mass is 9.95. The maximum atomic E-state index is 12.9. The second kappa shape index (κ2) is 11.7. The summed E-state index contributed by atoms with van der Waals surface area (Å²) >= 11 is 0. The van der Waals surface area contributed by atoms with E-state index in [0.29, 0.717) is 5.56 Å². The molecular formula is C27H32O14. The zero-order valence-corrected chi connectivity index (χ0v) is 21.8. The molecule has 3 aliphatic rings. The maximum absolute atomic E-state index is 12.9. The lowest BCUT2D eigenvalue weighted by molar-refractivity contribution is -0.354. The van der Waals surface area contributed by atoms with Crippen LogP contribution in [-0.2, 0) is 14.2 Å². The molecule has 0 amide bonds. The summed E-state index contributed by atoms with van der Waals surface area (Å²) in [5, 5.41) is 81.6. The van der Waals surface area contributed by atoms with Gasteiger partial charge in [-0.25, -0.2) is 0 Å². The third-order valence-electron chi connectivity index (χ3n) is 7.42. The number of hydrogen-bond donors (Lipinski definition) is 8. The number of carbonyl (C=O) groups is 1. The first-order chi connectivity index (χ1) is 19.5. The van der Waals surface area contributed by atoms with Crippen molar-refractivity contribution in [1.82, 2.24) is 0 Å². The number of aliphatic hydroxyl groups is 6. The van der Waals surface area contributed by atoms with Crippen molar-refractivity contribution < 1.29 is 69.3 Å². The molecule has 3 aliphatic heterocycles.